The monoisotopic (exact) mass is 372 g/mol. The molecule has 1 saturated heterocycles. The molecule has 1 N–H and O–H groups in total. The van der Waals surface area contributed by atoms with Gasteiger partial charge in [0, 0.05) is 25.6 Å². The van der Waals surface area contributed by atoms with E-state index >= 15 is 0 Å². The Morgan fingerprint density at radius 3 is 2.56 bits per heavy atom. The summed E-state index contributed by atoms with van der Waals surface area (Å²) in [6, 6.07) is 0. The maximum Gasteiger partial charge on any atom is 0.330 e. The van der Waals surface area contributed by atoms with Crippen molar-refractivity contribution in [1.29, 1.82) is 0 Å². The van der Waals surface area contributed by atoms with Gasteiger partial charge in [-0.25, -0.2) is 4.79 Å². The molecule has 1 aromatic heterocycles. The van der Waals surface area contributed by atoms with Gasteiger partial charge in [0.2, 0.25) is 0 Å². The minimum atomic E-state index is -0.789. The molecule has 25 heavy (non-hydrogen) atoms. The van der Waals surface area contributed by atoms with Crippen molar-refractivity contribution >= 4 is 23.7 Å². The minimum Gasteiger partial charge on any atom is -0.463 e. The Kier molecular flexibility index (Phi) is 6.07. The molecule has 0 radical (unpaired) electrons. The third-order valence-corrected chi connectivity index (χ3v) is 4.78. The maximum atomic E-state index is 12.2. The number of carbonyl (C=O) groups excluding carboxylic acids is 2. The zero-order valence-corrected chi connectivity index (χ0v) is 15.1. The quantitative estimate of drug-likeness (QED) is 0.716. The molecule has 0 saturated carbocycles. The van der Waals surface area contributed by atoms with Crippen LogP contribution in [0.15, 0.2) is 15.8 Å². The summed E-state index contributed by atoms with van der Waals surface area (Å²) >= 11 is 1.35. The van der Waals surface area contributed by atoms with E-state index in [1.165, 1.54) is 36.4 Å². The average Bonchev–Trinajstić information content (AvgIpc) is 2.85. The van der Waals surface area contributed by atoms with E-state index in [0.29, 0.717) is 5.56 Å². The molecule has 4 atom stereocenters. The number of esters is 2. The molecule has 1 aliphatic rings. The van der Waals surface area contributed by atoms with Gasteiger partial charge in [-0.2, -0.15) is 11.8 Å². The normalized spacial score (nSPS) is 25.6. The summed E-state index contributed by atoms with van der Waals surface area (Å²) in [5, 5.41) is -0.424. The van der Waals surface area contributed by atoms with Crippen molar-refractivity contribution in [3.8, 4) is 0 Å². The third kappa shape index (κ3) is 4.31. The predicted molar refractivity (Wildman–Crippen MR) is 89.5 cm³/mol. The van der Waals surface area contributed by atoms with E-state index < -0.39 is 46.9 Å². The maximum absolute atomic E-state index is 12.2. The van der Waals surface area contributed by atoms with Gasteiger partial charge in [-0.3, -0.25) is 23.9 Å². The summed E-state index contributed by atoms with van der Waals surface area (Å²) in [4.78, 5) is 48.5. The van der Waals surface area contributed by atoms with Crippen molar-refractivity contribution in [1.82, 2.24) is 9.55 Å². The van der Waals surface area contributed by atoms with Crippen molar-refractivity contribution in [2.45, 2.75) is 44.5 Å². The number of thioether (sulfide) groups is 1. The van der Waals surface area contributed by atoms with Gasteiger partial charge in [0.1, 0.15) is 18.8 Å². The smallest absolute Gasteiger partial charge is 0.330 e. The van der Waals surface area contributed by atoms with E-state index in [1.807, 2.05) is 0 Å². The Labute approximate surface area is 147 Å². The molecule has 1 fully saturated rings. The molecule has 0 aromatic carbocycles. The van der Waals surface area contributed by atoms with Crippen LogP contribution in [0, 0.1) is 6.92 Å². The number of ether oxygens (including phenoxy) is 3. The van der Waals surface area contributed by atoms with Gasteiger partial charge in [0.05, 0.1) is 5.25 Å². The number of aromatic amines is 1. The highest BCUT2D eigenvalue weighted by Crippen LogP contribution is 2.38. The van der Waals surface area contributed by atoms with Crippen molar-refractivity contribution < 1.29 is 23.8 Å². The standard InChI is InChI=1S/C15H20N2O7S/c1-7-5-17(15(21)16-13(7)20)14-12(25-4)11(23-9(3)19)10(24-14)6-22-8(2)18/h5,10-12,14H,6H2,1-4H3,(H,16,20,21)/t10-,11-,12-,14+/m1/s1. The first-order valence-electron chi connectivity index (χ1n) is 7.55. The third-order valence-electron chi connectivity index (χ3n) is 3.73. The van der Waals surface area contributed by atoms with Gasteiger partial charge in [0.15, 0.2) is 6.23 Å². The summed E-state index contributed by atoms with van der Waals surface area (Å²) in [5.74, 6) is -1.00. The number of rotatable bonds is 5. The highest BCUT2D eigenvalue weighted by molar-refractivity contribution is 7.99. The number of carbonyl (C=O) groups is 2. The van der Waals surface area contributed by atoms with Crippen LogP contribution in [0.2, 0.25) is 0 Å². The van der Waals surface area contributed by atoms with Gasteiger partial charge in [-0.15, -0.1) is 0 Å². The molecule has 2 rings (SSSR count). The lowest BCUT2D eigenvalue weighted by Crippen LogP contribution is -2.39. The van der Waals surface area contributed by atoms with E-state index in [1.54, 1.807) is 13.2 Å². The number of nitrogens with one attached hydrogen (secondary N) is 1. The Hall–Kier alpha value is -2.07. The first-order valence-corrected chi connectivity index (χ1v) is 8.84. The summed E-state index contributed by atoms with van der Waals surface area (Å²) in [6.45, 7) is 3.98. The topological polar surface area (TPSA) is 117 Å². The van der Waals surface area contributed by atoms with Crippen molar-refractivity contribution in [3.05, 3.63) is 32.6 Å². The summed E-state index contributed by atoms with van der Waals surface area (Å²) < 4.78 is 17.4. The van der Waals surface area contributed by atoms with Gasteiger partial charge in [0.25, 0.3) is 5.56 Å². The number of nitrogens with zero attached hydrogens (tertiary/aromatic N) is 1. The summed E-state index contributed by atoms with van der Waals surface area (Å²) in [6.07, 6.45) is 0.956. The number of hydrogen-bond acceptors (Lipinski definition) is 8. The summed E-state index contributed by atoms with van der Waals surface area (Å²) in [7, 11) is 0. The molecule has 0 bridgehead atoms. The van der Waals surface area contributed by atoms with Crippen LogP contribution < -0.4 is 11.2 Å². The zero-order valence-electron chi connectivity index (χ0n) is 14.3. The van der Waals surface area contributed by atoms with Crippen LogP contribution in [0.4, 0.5) is 0 Å². The van der Waals surface area contributed by atoms with E-state index in [0.717, 1.165) is 0 Å². The zero-order chi connectivity index (χ0) is 18.7. The second kappa shape index (κ2) is 7.87. The molecule has 0 unspecified atom stereocenters. The fourth-order valence-electron chi connectivity index (χ4n) is 2.63. The lowest BCUT2D eigenvalue weighted by atomic mass is 10.1. The van der Waals surface area contributed by atoms with Crippen LogP contribution in [0.3, 0.4) is 0 Å². The Bertz CT molecular complexity index is 772. The minimum absolute atomic E-state index is 0.113. The lowest BCUT2D eigenvalue weighted by molar-refractivity contribution is -0.155. The number of aromatic nitrogens is 2. The van der Waals surface area contributed by atoms with Gasteiger partial charge in [-0.1, -0.05) is 0 Å². The molecule has 0 spiro atoms. The fourth-order valence-corrected chi connectivity index (χ4v) is 3.55. The molecule has 0 amide bonds. The van der Waals surface area contributed by atoms with Crippen LogP contribution in [0.5, 0.6) is 0 Å². The summed E-state index contributed by atoms with van der Waals surface area (Å²) in [5.41, 5.74) is -0.766. The van der Waals surface area contributed by atoms with E-state index in [9.17, 15) is 19.2 Å². The Morgan fingerprint density at radius 2 is 2.00 bits per heavy atom. The van der Waals surface area contributed by atoms with Crippen molar-refractivity contribution in [2.24, 2.45) is 0 Å². The molecular formula is C15H20N2O7S. The SMILES string of the molecule is CS[C@@H]1[C@H](OC(C)=O)[C@@H](COC(C)=O)O[C@@H]1n1cc(C)c(=O)[nH]c1=O. The van der Waals surface area contributed by atoms with E-state index in [-0.39, 0.29) is 6.61 Å². The second-order valence-electron chi connectivity index (χ2n) is 5.62. The molecule has 1 aromatic rings. The Balaban J connectivity index is 2.39. The molecule has 10 heteroatoms. The largest absolute Gasteiger partial charge is 0.463 e. The molecule has 1 aliphatic heterocycles. The van der Waals surface area contributed by atoms with Crippen LogP contribution in [-0.4, -0.2) is 51.8 Å². The molecule has 138 valence electrons. The number of H-pyrrole nitrogens is 1. The van der Waals surface area contributed by atoms with E-state index in [2.05, 4.69) is 4.98 Å². The lowest BCUT2D eigenvalue weighted by Gasteiger charge is -2.22. The molecule has 9 nitrogen and oxygen atoms in total. The molecule has 0 aliphatic carbocycles. The second-order valence-corrected chi connectivity index (χ2v) is 6.64. The first-order chi connectivity index (χ1) is 11.7. The van der Waals surface area contributed by atoms with Gasteiger partial charge in [-0.05, 0) is 13.2 Å². The number of aryl methyl sites for hydroxylation is 1. The van der Waals surface area contributed by atoms with Crippen molar-refractivity contribution in [3.63, 3.8) is 0 Å². The van der Waals surface area contributed by atoms with Crippen molar-refractivity contribution in [2.75, 3.05) is 12.9 Å². The highest BCUT2D eigenvalue weighted by atomic mass is 32.2. The van der Waals surface area contributed by atoms with Gasteiger partial charge >= 0.3 is 17.6 Å². The predicted octanol–water partition coefficient (Wildman–Crippen LogP) is -0.0312. The highest BCUT2D eigenvalue weighted by Gasteiger charge is 2.48. The van der Waals surface area contributed by atoms with E-state index in [4.69, 9.17) is 14.2 Å². The number of hydrogen-bond donors (Lipinski definition) is 1. The van der Waals surface area contributed by atoms with Crippen LogP contribution in [-0.2, 0) is 23.8 Å². The van der Waals surface area contributed by atoms with Crippen LogP contribution in [0.25, 0.3) is 0 Å². The first kappa shape index (κ1) is 19.3. The molecule has 2 heterocycles. The van der Waals surface area contributed by atoms with Crippen LogP contribution in [0.1, 0.15) is 25.6 Å². The Morgan fingerprint density at radius 1 is 1.32 bits per heavy atom. The van der Waals surface area contributed by atoms with Gasteiger partial charge < -0.3 is 14.2 Å². The van der Waals surface area contributed by atoms with Crippen LogP contribution >= 0.6 is 11.8 Å². The molecular weight excluding hydrogens is 352 g/mol. The fraction of sp³-hybridized carbons (Fsp3) is 0.600. The average molecular weight is 372 g/mol.